The highest BCUT2D eigenvalue weighted by atomic mass is 19.3. The Morgan fingerprint density at radius 2 is 1.97 bits per heavy atom. The third-order valence-electron chi connectivity index (χ3n) is 5.86. The molecule has 0 radical (unpaired) electrons. The highest BCUT2D eigenvalue weighted by Crippen LogP contribution is 2.39. The summed E-state index contributed by atoms with van der Waals surface area (Å²) < 4.78 is 43.6. The van der Waals surface area contributed by atoms with Crippen LogP contribution in [0.2, 0.25) is 0 Å². The Morgan fingerprint density at radius 3 is 2.75 bits per heavy atom. The molecule has 0 saturated heterocycles. The van der Waals surface area contributed by atoms with Crippen LogP contribution < -0.4 is 19.5 Å². The van der Waals surface area contributed by atoms with E-state index >= 15 is 0 Å². The largest absolute Gasteiger partial charge is 0.497 e. The van der Waals surface area contributed by atoms with Crippen LogP contribution >= 0.6 is 0 Å². The number of alkyl halides is 2. The molecule has 8 heteroatoms. The van der Waals surface area contributed by atoms with E-state index in [0.717, 1.165) is 54.2 Å². The normalized spacial score (nSPS) is 17.6. The third kappa shape index (κ3) is 4.35. The molecular formula is C24H25F2N3O3. The molecule has 1 aliphatic carbocycles. The van der Waals surface area contributed by atoms with Crippen LogP contribution in [0, 0.1) is 5.92 Å². The fourth-order valence-corrected chi connectivity index (χ4v) is 3.98. The second-order valence-electron chi connectivity index (χ2n) is 8.16. The first-order valence-corrected chi connectivity index (χ1v) is 10.8. The highest BCUT2D eigenvalue weighted by molar-refractivity contribution is 5.65. The lowest BCUT2D eigenvalue weighted by Gasteiger charge is -2.26. The number of fused-ring (bicyclic) bond motifs is 1. The van der Waals surface area contributed by atoms with Crippen LogP contribution in [0.15, 0.2) is 48.5 Å². The Hall–Kier alpha value is -3.29. The number of halogens is 2. The summed E-state index contributed by atoms with van der Waals surface area (Å²) in [7, 11) is 1.64. The maximum Gasteiger partial charge on any atom is 0.387 e. The number of benzene rings is 2. The van der Waals surface area contributed by atoms with Gasteiger partial charge in [-0.05, 0) is 55.0 Å². The predicted molar refractivity (Wildman–Crippen MR) is 117 cm³/mol. The maximum absolute atomic E-state index is 12.9. The van der Waals surface area contributed by atoms with E-state index < -0.39 is 6.61 Å². The van der Waals surface area contributed by atoms with E-state index in [2.05, 4.69) is 10.1 Å². The zero-order valence-corrected chi connectivity index (χ0v) is 17.8. The Kier molecular flexibility index (Phi) is 5.59. The molecule has 2 heterocycles. The number of hydrogen-bond acceptors (Lipinski definition) is 5. The Morgan fingerprint density at radius 1 is 1.09 bits per heavy atom. The Balaban J connectivity index is 1.46. The van der Waals surface area contributed by atoms with Gasteiger partial charge in [0.15, 0.2) is 11.5 Å². The van der Waals surface area contributed by atoms with Crippen LogP contribution in [-0.2, 0) is 0 Å². The number of nitrogens with one attached hydrogen (secondary N) is 1. The highest BCUT2D eigenvalue weighted by Gasteiger charge is 2.27. The van der Waals surface area contributed by atoms with Crippen LogP contribution in [0.5, 0.6) is 17.2 Å². The van der Waals surface area contributed by atoms with Gasteiger partial charge in [0.05, 0.1) is 25.5 Å². The molecule has 0 spiro atoms. The second kappa shape index (κ2) is 8.68. The van der Waals surface area contributed by atoms with Gasteiger partial charge in [0, 0.05) is 18.2 Å². The van der Waals surface area contributed by atoms with Crippen molar-refractivity contribution in [2.45, 2.75) is 31.9 Å². The summed E-state index contributed by atoms with van der Waals surface area (Å²) in [6.45, 7) is -1.60. The lowest BCUT2D eigenvalue weighted by molar-refractivity contribution is -0.0515. The molecule has 1 aromatic heterocycles. The first kappa shape index (κ1) is 20.6. The minimum atomic E-state index is -2.90. The van der Waals surface area contributed by atoms with Crippen molar-refractivity contribution in [1.82, 2.24) is 9.78 Å². The summed E-state index contributed by atoms with van der Waals surface area (Å²) in [5.41, 5.74) is 2.74. The number of anilines is 1. The van der Waals surface area contributed by atoms with E-state index in [4.69, 9.17) is 14.6 Å². The van der Waals surface area contributed by atoms with Gasteiger partial charge in [0.2, 0.25) is 0 Å². The summed E-state index contributed by atoms with van der Waals surface area (Å²) in [5, 5.41) is 8.24. The first-order chi connectivity index (χ1) is 15.6. The molecule has 2 aliphatic rings. The molecule has 0 bridgehead atoms. The molecule has 2 aromatic carbocycles. The molecule has 1 fully saturated rings. The van der Waals surface area contributed by atoms with E-state index in [1.807, 2.05) is 47.1 Å². The van der Waals surface area contributed by atoms with Crippen molar-refractivity contribution in [2.75, 3.05) is 25.6 Å². The summed E-state index contributed by atoms with van der Waals surface area (Å²) in [6, 6.07) is 14.9. The molecule has 1 unspecified atom stereocenters. The predicted octanol–water partition coefficient (Wildman–Crippen LogP) is 5.35. The van der Waals surface area contributed by atoms with Crippen LogP contribution in [0.3, 0.4) is 0 Å². The van der Waals surface area contributed by atoms with Gasteiger partial charge < -0.3 is 19.5 Å². The van der Waals surface area contributed by atoms with Crippen molar-refractivity contribution in [3.8, 4) is 28.5 Å². The first-order valence-electron chi connectivity index (χ1n) is 10.8. The number of ether oxygens (including phenoxy) is 3. The van der Waals surface area contributed by atoms with Gasteiger partial charge in [-0.3, -0.25) is 0 Å². The fraction of sp³-hybridized carbons (Fsp3) is 0.375. The number of hydrogen-bond donors (Lipinski definition) is 1. The number of rotatable bonds is 8. The van der Waals surface area contributed by atoms with Crippen LogP contribution in [0.4, 0.5) is 14.6 Å². The second-order valence-corrected chi connectivity index (χ2v) is 8.16. The summed E-state index contributed by atoms with van der Waals surface area (Å²) >= 11 is 0. The monoisotopic (exact) mass is 441 g/mol. The molecule has 1 N–H and O–H groups in total. The minimum Gasteiger partial charge on any atom is -0.497 e. The molecule has 6 nitrogen and oxygen atoms in total. The average molecular weight is 441 g/mol. The van der Waals surface area contributed by atoms with Gasteiger partial charge in [-0.25, -0.2) is 4.68 Å². The molecule has 5 rings (SSSR count). The summed E-state index contributed by atoms with van der Waals surface area (Å²) in [4.78, 5) is 0. The number of methoxy groups -OCH3 is 1. The van der Waals surface area contributed by atoms with Gasteiger partial charge >= 0.3 is 6.61 Å². The van der Waals surface area contributed by atoms with Gasteiger partial charge in [-0.15, -0.1) is 0 Å². The van der Waals surface area contributed by atoms with Crippen LogP contribution in [-0.4, -0.2) is 36.7 Å². The average Bonchev–Trinajstić information content (AvgIpc) is 3.53. The Bertz CT molecular complexity index is 1100. The third-order valence-corrected chi connectivity index (χ3v) is 5.86. The zero-order valence-electron chi connectivity index (χ0n) is 17.8. The summed E-state index contributed by atoms with van der Waals surface area (Å²) in [5.74, 6) is 2.60. The van der Waals surface area contributed by atoms with Crippen LogP contribution in [0.1, 0.15) is 30.9 Å². The lowest BCUT2D eigenvalue weighted by Crippen LogP contribution is -2.24. The Labute approximate surface area is 185 Å². The number of nitrogens with zero attached hydrogens (tertiary/aromatic N) is 2. The molecule has 1 saturated carbocycles. The summed E-state index contributed by atoms with van der Waals surface area (Å²) in [6.07, 6.45) is 3.04. The topological polar surface area (TPSA) is 57.5 Å². The van der Waals surface area contributed by atoms with Crippen molar-refractivity contribution >= 4 is 5.82 Å². The molecule has 0 amide bonds. The van der Waals surface area contributed by atoms with Crippen molar-refractivity contribution < 1.29 is 23.0 Å². The molecule has 1 aliphatic heterocycles. The van der Waals surface area contributed by atoms with Crippen molar-refractivity contribution in [2.24, 2.45) is 5.92 Å². The van der Waals surface area contributed by atoms with Crippen molar-refractivity contribution in [1.29, 1.82) is 0 Å². The fourth-order valence-electron chi connectivity index (χ4n) is 3.98. The van der Waals surface area contributed by atoms with Crippen LogP contribution in [0.25, 0.3) is 11.3 Å². The molecule has 32 heavy (non-hydrogen) atoms. The van der Waals surface area contributed by atoms with Gasteiger partial charge in [0.1, 0.15) is 11.6 Å². The smallest absolute Gasteiger partial charge is 0.387 e. The minimum absolute atomic E-state index is 0.0468. The van der Waals surface area contributed by atoms with E-state index in [0.29, 0.717) is 18.3 Å². The van der Waals surface area contributed by atoms with E-state index in [9.17, 15) is 8.78 Å². The van der Waals surface area contributed by atoms with Gasteiger partial charge in [0.25, 0.3) is 0 Å². The molecule has 168 valence electrons. The molecule has 1 atom stereocenters. The van der Waals surface area contributed by atoms with E-state index in [1.165, 1.54) is 0 Å². The molecular weight excluding hydrogens is 416 g/mol. The lowest BCUT2D eigenvalue weighted by atomic mass is 10.0. The van der Waals surface area contributed by atoms with E-state index in [1.54, 1.807) is 13.2 Å². The van der Waals surface area contributed by atoms with Crippen molar-refractivity contribution in [3.63, 3.8) is 0 Å². The zero-order chi connectivity index (χ0) is 22.1. The number of aromatic nitrogens is 2. The van der Waals surface area contributed by atoms with Gasteiger partial charge in [-0.1, -0.05) is 18.2 Å². The quantitative estimate of drug-likeness (QED) is 0.510. The maximum atomic E-state index is 12.9. The standard InChI is InChI=1S/C24H25F2N3O3/c1-30-18-4-2-3-16(11-18)19-13-23-27-10-9-20(29(23)28-19)17-7-8-21(32-24(25)26)22(12-17)31-14-15-5-6-15/h2-4,7-8,11-13,15,20,24,27H,5-6,9-10,14H2,1H3. The van der Waals surface area contributed by atoms with Crippen molar-refractivity contribution in [3.05, 3.63) is 54.1 Å². The van der Waals surface area contributed by atoms with Gasteiger partial charge in [-0.2, -0.15) is 13.9 Å². The SMILES string of the molecule is COc1cccc(-c2cc3n(n2)C(c2ccc(OC(F)F)c(OCC4CC4)c2)CCN3)c1. The molecule has 3 aromatic rings. The van der Waals surface area contributed by atoms with E-state index in [-0.39, 0.29) is 11.8 Å².